The molecule has 4 aliphatic rings. The van der Waals surface area contributed by atoms with E-state index in [-0.39, 0.29) is 60.9 Å². The molecular formula is C51H81NO13. The van der Waals surface area contributed by atoms with Crippen LogP contribution in [-0.4, -0.2) is 137 Å². The summed E-state index contributed by atoms with van der Waals surface area (Å²) in [6.45, 7) is 12.9. The molecule has 8 unspecified atom stereocenters. The van der Waals surface area contributed by atoms with Gasteiger partial charge in [-0.1, -0.05) is 71.1 Å². The first kappa shape index (κ1) is 54.5. The minimum Gasteiger partial charge on any atom is -0.460 e. The average Bonchev–Trinajstić information content (AvgIpc) is 3.28. The third kappa shape index (κ3) is 14.5. The van der Waals surface area contributed by atoms with Crippen molar-refractivity contribution in [3.63, 3.8) is 0 Å². The molecule has 0 radical (unpaired) electrons. The molecule has 4 rings (SSSR count). The van der Waals surface area contributed by atoms with Crippen molar-refractivity contribution in [1.29, 1.82) is 0 Å². The minimum absolute atomic E-state index is 0.0264. The first-order valence-corrected chi connectivity index (χ1v) is 24.1. The second kappa shape index (κ2) is 25.3. The van der Waals surface area contributed by atoms with Crippen LogP contribution in [-0.2, 0) is 42.9 Å². The van der Waals surface area contributed by atoms with Gasteiger partial charge in [-0.2, -0.15) is 0 Å². The van der Waals surface area contributed by atoms with Gasteiger partial charge < -0.3 is 49.0 Å². The molecule has 1 saturated carbocycles. The van der Waals surface area contributed by atoms with Crippen LogP contribution in [0.2, 0.25) is 0 Å². The zero-order chi connectivity index (χ0) is 48.2. The Bertz CT molecular complexity index is 1710. The van der Waals surface area contributed by atoms with Crippen LogP contribution in [0.1, 0.15) is 126 Å². The quantitative estimate of drug-likeness (QED) is 0.180. The van der Waals surface area contributed by atoms with Gasteiger partial charge in [-0.05, 0) is 107 Å². The van der Waals surface area contributed by atoms with E-state index < -0.39 is 78.1 Å². The number of Topliss-reactive ketones (excluding diaryl/α,β-unsaturated/α-hetero) is 2. The Hall–Kier alpha value is -3.08. The highest BCUT2D eigenvalue weighted by atomic mass is 16.6. The van der Waals surface area contributed by atoms with Crippen molar-refractivity contribution in [3.05, 3.63) is 47.6 Å². The van der Waals surface area contributed by atoms with E-state index in [1.165, 1.54) is 12.0 Å². The standard InChI is InChI=1S/C51H81NO13/c1-30-16-12-11-13-17-31(2)42(61-8)28-38-21-19-36(7)51(60,65-38)48(57)49(58)52-23-15-14-18-39(52)50(59)64-43(33(4)26-37-20-22-40(53)44(27-37)62-9)29-41(54)32(3)25-35(6)46(56)47(63-10)45(55)34(5)24-30/h11-13,16-17,25,30,32-34,36-40,42-44,46-48,53,56-57,60H,14-15,18-24,26-29H2,1-10H3/b13-11+,16-12+,31-17+,35-25+/t30-,32-,33-,34?,36?,37?,38+,39?,40-,42+,43?,44?,46?,47+,48-,51?/m1/s1. The molecule has 368 valence electrons. The van der Waals surface area contributed by atoms with Gasteiger partial charge in [-0.25, -0.2) is 4.79 Å². The predicted molar refractivity (Wildman–Crippen MR) is 246 cm³/mol. The van der Waals surface area contributed by atoms with Crippen molar-refractivity contribution < 1.29 is 63.3 Å². The maximum atomic E-state index is 14.4. The second-order valence-electron chi connectivity index (χ2n) is 19.8. The monoisotopic (exact) mass is 916 g/mol. The Morgan fingerprint density at radius 1 is 0.846 bits per heavy atom. The number of rotatable bonds is 6. The van der Waals surface area contributed by atoms with E-state index >= 15 is 0 Å². The molecule has 65 heavy (non-hydrogen) atoms. The average molecular weight is 916 g/mol. The van der Waals surface area contributed by atoms with Crippen LogP contribution in [0, 0.1) is 35.5 Å². The third-order valence-electron chi connectivity index (χ3n) is 14.7. The molecular weight excluding hydrogens is 835 g/mol. The van der Waals surface area contributed by atoms with Crippen molar-refractivity contribution in [3.8, 4) is 0 Å². The number of esters is 1. The second-order valence-corrected chi connectivity index (χ2v) is 19.8. The maximum Gasteiger partial charge on any atom is 0.329 e. The number of carbonyl (C=O) groups excluding carboxylic acids is 4. The fourth-order valence-corrected chi connectivity index (χ4v) is 10.3. The van der Waals surface area contributed by atoms with Gasteiger partial charge in [-0.15, -0.1) is 0 Å². The molecule has 3 aliphatic heterocycles. The predicted octanol–water partition coefficient (Wildman–Crippen LogP) is 5.97. The number of hydrogen-bond acceptors (Lipinski definition) is 13. The van der Waals surface area contributed by atoms with Crippen LogP contribution in [0.4, 0.5) is 0 Å². The van der Waals surface area contributed by atoms with Crippen molar-refractivity contribution >= 4 is 23.4 Å². The fourth-order valence-electron chi connectivity index (χ4n) is 10.3. The summed E-state index contributed by atoms with van der Waals surface area (Å²) >= 11 is 0. The lowest BCUT2D eigenvalue weighted by atomic mass is 9.78. The number of piperidine rings is 1. The topological polar surface area (TPSA) is 199 Å². The summed E-state index contributed by atoms with van der Waals surface area (Å²) in [5, 5.41) is 45.7. The summed E-state index contributed by atoms with van der Waals surface area (Å²) in [6.07, 6.45) is 9.72. The summed E-state index contributed by atoms with van der Waals surface area (Å²) in [5.41, 5.74) is 1.30. The highest BCUT2D eigenvalue weighted by Gasteiger charge is 2.53. The molecule has 14 heteroatoms. The fraction of sp³-hybridized carbons (Fsp3) is 0.765. The molecule has 3 heterocycles. The number of cyclic esters (lactones) is 1. The van der Waals surface area contributed by atoms with Gasteiger partial charge in [0, 0.05) is 58.5 Å². The van der Waals surface area contributed by atoms with Gasteiger partial charge in [0.2, 0.25) is 5.79 Å². The molecule has 14 nitrogen and oxygen atoms in total. The molecule has 0 aromatic heterocycles. The van der Waals surface area contributed by atoms with Crippen LogP contribution in [0.25, 0.3) is 0 Å². The van der Waals surface area contributed by atoms with Crippen molar-refractivity contribution in [2.24, 2.45) is 35.5 Å². The largest absolute Gasteiger partial charge is 0.460 e. The molecule has 0 aromatic carbocycles. The number of aliphatic hydroxyl groups excluding tert-OH is 3. The number of nitrogens with zero attached hydrogens (tertiary/aromatic N) is 1. The van der Waals surface area contributed by atoms with E-state index in [2.05, 4.69) is 0 Å². The van der Waals surface area contributed by atoms with E-state index in [1.54, 1.807) is 41.1 Å². The normalized spacial score (nSPS) is 41.5. The molecule has 0 aromatic rings. The summed E-state index contributed by atoms with van der Waals surface area (Å²) in [6, 6.07) is -1.08. The molecule has 3 fully saturated rings. The van der Waals surface area contributed by atoms with Gasteiger partial charge in [0.05, 0.1) is 24.4 Å². The van der Waals surface area contributed by atoms with Crippen molar-refractivity contribution in [1.82, 2.24) is 4.90 Å². The number of ketones is 2. The summed E-state index contributed by atoms with van der Waals surface area (Å²) in [4.78, 5) is 57.8. The highest BCUT2D eigenvalue weighted by molar-refractivity contribution is 5.89. The highest BCUT2D eigenvalue weighted by Crippen LogP contribution is 2.39. The summed E-state index contributed by atoms with van der Waals surface area (Å²) in [7, 11) is 4.55. The van der Waals surface area contributed by atoms with Crippen LogP contribution in [0.3, 0.4) is 0 Å². The maximum absolute atomic E-state index is 14.4. The number of amides is 1. The molecule has 4 N–H and O–H groups in total. The lowest BCUT2D eigenvalue weighted by molar-refractivity contribution is -0.317. The van der Waals surface area contributed by atoms with Crippen LogP contribution >= 0.6 is 0 Å². The Morgan fingerprint density at radius 2 is 1.57 bits per heavy atom. The smallest absolute Gasteiger partial charge is 0.329 e. The number of aliphatic hydroxyl groups is 4. The number of ether oxygens (including phenoxy) is 5. The molecule has 1 amide bonds. The molecule has 0 spiro atoms. The van der Waals surface area contributed by atoms with E-state index in [0.717, 1.165) is 12.0 Å². The Balaban J connectivity index is 1.70. The first-order chi connectivity index (χ1) is 30.7. The van der Waals surface area contributed by atoms with Gasteiger partial charge in [0.25, 0.3) is 5.91 Å². The zero-order valence-corrected chi connectivity index (χ0v) is 40.7. The van der Waals surface area contributed by atoms with Gasteiger partial charge in [-0.3, -0.25) is 14.4 Å². The molecule has 16 atom stereocenters. The van der Waals surface area contributed by atoms with Gasteiger partial charge in [0.1, 0.15) is 30.1 Å². The lowest BCUT2D eigenvalue weighted by Crippen LogP contribution is -2.63. The third-order valence-corrected chi connectivity index (χ3v) is 14.7. The Morgan fingerprint density at radius 3 is 2.25 bits per heavy atom. The van der Waals surface area contributed by atoms with Crippen LogP contribution in [0.5, 0.6) is 0 Å². The van der Waals surface area contributed by atoms with E-state index in [1.807, 2.05) is 58.1 Å². The zero-order valence-electron chi connectivity index (χ0n) is 40.7. The molecule has 1 aliphatic carbocycles. The van der Waals surface area contributed by atoms with E-state index in [0.29, 0.717) is 63.4 Å². The lowest BCUT2D eigenvalue weighted by Gasteiger charge is -2.46. The molecule has 2 saturated heterocycles. The summed E-state index contributed by atoms with van der Waals surface area (Å²) < 4.78 is 29.5. The van der Waals surface area contributed by atoms with Gasteiger partial charge in [0.15, 0.2) is 11.9 Å². The number of hydrogen-bond donors (Lipinski definition) is 4. The number of carbonyl (C=O) groups is 4. The SMILES string of the molecule is COC1CC(C[C@@H](C)C2CC(=O)[C@H](C)/C=C(\C)C(O)[C@@H](OC)C(=O)C(C)C[C@H](C)/C=C/C=C/C=C(\C)[C@@H](OC)C[C@@H]3CCC(C)C(O)(O3)[C@H](O)C(=O)N3CCCCC3C(=O)O2)CC[C@H]1O. The van der Waals surface area contributed by atoms with Crippen LogP contribution < -0.4 is 0 Å². The number of methoxy groups -OCH3 is 3. The summed E-state index contributed by atoms with van der Waals surface area (Å²) in [5.74, 6) is -6.22. The number of fused-ring (bicyclic) bond motifs is 3. The van der Waals surface area contributed by atoms with E-state index in [9.17, 15) is 39.6 Å². The van der Waals surface area contributed by atoms with Crippen molar-refractivity contribution in [2.45, 2.75) is 186 Å². The Kier molecular flexibility index (Phi) is 21.3. The van der Waals surface area contributed by atoms with Gasteiger partial charge >= 0.3 is 5.97 Å². The Labute approximate surface area is 387 Å². The number of allylic oxidation sites excluding steroid dienone is 6. The van der Waals surface area contributed by atoms with Crippen molar-refractivity contribution in [2.75, 3.05) is 27.9 Å². The minimum atomic E-state index is -2.23. The molecule has 2 bridgehead atoms. The van der Waals surface area contributed by atoms with Crippen LogP contribution in [0.15, 0.2) is 47.6 Å². The first-order valence-electron chi connectivity index (χ1n) is 24.1. The van der Waals surface area contributed by atoms with E-state index in [4.69, 9.17) is 23.7 Å².